The van der Waals surface area contributed by atoms with E-state index in [0.29, 0.717) is 19.6 Å². The van der Waals surface area contributed by atoms with Gasteiger partial charge in [0.1, 0.15) is 6.61 Å². The quantitative estimate of drug-likeness (QED) is 0.408. The lowest BCUT2D eigenvalue weighted by Crippen LogP contribution is -2.09. The lowest BCUT2D eigenvalue weighted by molar-refractivity contribution is -0.145. The minimum Gasteiger partial charge on any atom is -0.463 e. The number of esters is 1. The van der Waals surface area contributed by atoms with Gasteiger partial charge in [0, 0.05) is 13.5 Å². The molecule has 0 saturated heterocycles. The Morgan fingerprint density at radius 2 is 1.44 bits per heavy atom. The summed E-state index contributed by atoms with van der Waals surface area (Å²) in [6.45, 7) is 1.66. The summed E-state index contributed by atoms with van der Waals surface area (Å²) in [5, 5.41) is 0. The van der Waals surface area contributed by atoms with Gasteiger partial charge in [-0.1, -0.05) is 38.5 Å². The van der Waals surface area contributed by atoms with E-state index in [-0.39, 0.29) is 5.97 Å². The van der Waals surface area contributed by atoms with Crippen LogP contribution in [0.3, 0.4) is 0 Å². The van der Waals surface area contributed by atoms with Crippen LogP contribution in [0.25, 0.3) is 0 Å². The Kier molecular flexibility index (Phi) is 14.0. The highest BCUT2D eigenvalue weighted by atomic mass is 16.6. The molecule has 0 aromatic rings. The molecular formula is C14H29NO3. The first-order chi connectivity index (χ1) is 8.81. The van der Waals surface area contributed by atoms with Crippen molar-refractivity contribution in [3.63, 3.8) is 0 Å². The van der Waals surface area contributed by atoms with Crippen molar-refractivity contribution in [1.82, 2.24) is 0 Å². The largest absolute Gasteiger partial charge is 0.463 e. The van der Waals surface area contributed by atoms with Crippen molar-refractivity contribution in [3.05, 3.63) is 0 Å². The van der Waals surface area contributed by atoms with Crippen molar-refractivity contribution in [3.8, 4) is 0 Å². The highest BCUT2D eigenvalue weighted by Gasteiger charge is 2.01. The molecule has 0 rings (SSSR count). The third-order valence-corrected chi connectivity index (χ3v) is 2.89. The average molecular weight is 259 g/mol. The fourth-order valence-corrected chi connectivity index (χ4v) is 1.79. The zero-order chi connectivity index (χ0) is 13.5. The number of hydrogen-bond donors (Lipinski definition) is 1. The number of carbonyl (C=O) groups excluding carboxylic acids is 1. The molecule has 0 aliphatic carbocycles. The molecule has 18 heavy (non-hydrogen) atoms. The highest BCUT2D eigenvalue weighted by Crippen LogP contribution is 2.09. The van der Waals surface area contributed by atoms with Gasteiger partial charge in [0.15, 0.2) is 0 Å². The SMILES string of the molecule is COCCOC(=O)CCCCCCCCCCN. The molecule has 0 atom stereocenters. The van der Waals surface area contributed by atoms with Crippen LogP contribution in [0.1, 0.15) is 57.8 Å². The normalized spacial score (nSPS) is 10.6. The van der Waals surface area contributed by atoms with Gasteiger partial charge < -0.3 is 15.2 Å². The number of carbonyl (C=O) groups is 1. The van der Waals surface area contributed by atoms with Gasteiger partial charge in [-0.2, -0.15) is 0 Å². The molecule has 2 N–H and O–H groups in total. The van der Waals surface area contributed by atoms with E-state index in [1.54, 1.807) is 7.11 Å². The van der Waals surface area contributed by atoms with Crippen molar-refractivity contribution in [2.24, 2.45) is 5.73 Å². The number of nitrogens with two attached hydrogens (primary N) is 1. The first kappa shape index (κ1) is 17.4. The summed E-state index contributed by atoms with van der Waals surface area (Å²) in [5.41, 5.74) is 5.43. The van der Waals surface area contributed by atoms with Gasteiger partial charge in [-0.3, -0.25) is 4.79 Å². The first-order valence-corrected chi connectivity index (χ1v) is 7.16. The van der Waals surface area contributed by atoms with Crippen LogP contribution in [0, 0.1) is 0 Å². The number of unbranched alkanes of at least 4 members (excludes halogenated alkanes) is 7. The molecule has 108 valence electrons. The minimum atomic E-state index is -0.102. The standard InChI is InChI=1S/C14H29NO3/c1-17-12-13-18-14(16)10-8-6-4-2-3-5-7-9-11-15/h2-13,15H2,1H3. The summed E-state index contributed by atoms with van der Waals surface area (Å²) >= 11 is 0. The number of hydrogen-bond acceptors (Lipinski definition) is 4. The maximum absolute atomic E-state index is 11.2. The van der Waals surface area contributed by atoms with Crippen molar-refractivity contribution < 1.29 is 14.3 Å². The summed E-state index contributed by atoms with van der Waals surface area (Å²) in [7, 11) is 1.60. The van der Waals surface area contributed by atoms with Crippen LogP contribution in [0.15, 0.2) is 0 Å². The van der Waals surface area contributed by atoms with E-state index in [1.807, 2.05) is 0 Å². The zero-order valence-corrected chi connectivity index (χ0v) is 11.8. The summed E-state index contributed by atoms with van der Waals surface area (Å²) in [6.07, 6.45) is 10.1. The van der Waals surface area contributed by atoms with Gasteiger partial charge in [0.05, 0.1) is 6.61 Å². The molecule has 0 unspecified atom stereocenters. The van der Waals surface area contributed by atoms with E-state index in [2.05, 4.69) is 0 Å². The van der Waals surface area contributed by atoms with Crippen LogP contribution in [0.2, 0.25) is 0 Å². The van der Waals surface area contributed by atoms with Crippen LogP contribution in [-0.4, -0.2) is 32.8 Å². The topological polar surface area (TPSA) is 61.5 Å². The molecule has 0 heterocycles. The van der Waals surface area contributed by atoms with E-state index in [4.69, 9.17) is 15.2 Å². The summed E-state index contributed by atoms with van der Waals surface area (Å²) in [4.78, 5) is 11.2. The van der Waals surface area contributed by atoms with E-state index < -0.39 is 0 Å². The van der Waals surface area contributed by atoms with E-state index in [0.717, 1.165) is 25.8 Å². The summed E-state index contributed by atoms with van der Waals surface area (Å²) in [5.74, 6) is -0.102. The molecule has 0 radical (unpaired) electrons. The molecule has 4 heteroatoms. The summed E-state index contributed by atoms with van der Waals surface area (Å²) in [6, 6.07) is 0. The molecule has 4 nitrogen and oxygen atoms in total. The molecule has 0 amide bonds. The van der Waals surface area contributed by atoms with Gasteiger partial charge in [0.25, 0.3) is 0 Å². The maximum atomic E-state index is 11.2. The molecule has 0 spiro atoms. The second-order valence-electron chi connectivity index (χ2n) is 4.58. The van der Waals surface area contributed by atoms with E-state index in [9.17, 15) is 4.79 Å². The molecule has 0 bridgehead atoms. The Morgan fingerprint density at radius 1 is 0.889 bits per heavy atom. The first-order valence-electron chi connectivity index (χ1n) is 7.16. The maximum Gasteiger partial charge on any atom is 0.305 e. The average Bonchev–Trinajstić information content (AvgIpc) is 2.37. The van der Waals surface area contributed by atoms with Gasteiger partial charge in [-0.05, 0) is 19.4 Å². The molecule has 0 aromatic heterocycles. The fourth-order valence-electron chi connectivity index (χ4n) is 1.79. The number of methoxy groups -OCH3 is 1. The molecule has 0 aliphatic heterocycles. The van der Waals surface area contributed by atoms with Crippen LogP contribution in [0.4, 0.5) is 0 Å². The summed E-state index contributed by atoms with van der Waals surface area (Å²) < 4.78 is 9.78. The van der Waals surface area contributed by atoms with E-state index >= 15 is 0 Å². The second kappa shape index (κ2) is 14.5. The second-order valence-corrected chi connectivity index (χ2v) is 4.58. The van der Waals surface area contributed by atoms with Crippen LogP contribution in [0.5, 0.6) is 0 Å². The third kappa shape index (κ3) is 13.5. The van der Waals surface area contributed by atoms with Gasteiger partial charge in [-0.25, -0.2) is 0 Å². The van der Waals surface area contributed by atoms with Gasteiger partial charge in [0.2, 0.25) is 0 Å². The molecule has 0 aliphatic rings. The van der Waals surface area contributed by atoms with Crippen LogP contribution < -0.4 is 5.73 Å². The van der Waals surface area contributed by atoms with E-state index in [1.165, 1.54) is 32.1 Å². The van der Waals surface area contributed by atoms with Crippen molar-refractivity contribution in [2.75, 3.05) is 26.9 Å². The number of ether oxygens (including phenoxy) is 2. The lowest BCUT2D eigenvalue weighted by Gasteiger charge is -2.04. The zero-order valence-electron chi connectivity index (χ0n) is 11.8. The van der Waals surface area contributed by atoms with Crippen LogP contribution >= 0.6 is 0 Å². The Morgan fingerprint density at radius 3 is 2.00 bits per heavy atom. The van der Waals surface area contributed by atoms with Crippen molar-refractivity contribution in [1.29, 1.82) is 0 Å². The Labute approximate surface area is 111 Å². The fraction of sp³-hybridized carbons (Fsp3) is 0.929. The highest BCUT2D eigenvalue weighted by molar-refractivity contribution is 5.69. The molecule has 0 aromatic carbocycles. The van der Waals surface area contributed by atoms with Gasteiger partial charge in [-0.15, -0.1) is 0 Å². The predicted molar refractivity (Wildman–Crippen MR) is 73.4 cm³/mol. The Bertz CT molecular complexity index is 186. The monoisotopic (exact) mass is 259 g/mol. The Balaban J connectivity index is 3.08. The van der Waals surface area contributed by atoms with Gasteiger partial charge >= 0.3 is 5.97 Å². The van der Waals surface area contributed by atoms with Crippen molar-refractivity contribution in [2.45, 2.75) is 57.8 Å². The Hall–Kier alpha value is -0.610. The third-order valence-electron chi connectivity index (χ3n) is 2.89. The predicted octanol–water partition coefficient (Wildman–Crippen LogP) is 2.65. The molecular weight excluding hydrogens is 230 g/mol. The van der Waals surface area contributed by atoms with Crippen molar-refractivity contribution >= 4 is 5.97 Å². The minimum absolute atomic E-state index is 0.102. The molecule has 0 saturated carbocycles. The lowest BCUT2D eigenvalue weighted by atomic mass is 10.1. The number of rotatable bonds is 13. The smallest absolute Gasteiger partial charge is 0.305 e. The molecule has 0 fully saturated rings. The van der Waals surface area contributed by atoms with Crippen LogP contribution in [-0.2, 0) is 14.3 Å².